The summed E-state index contributed by atoms with van der Waals surface area (Å²) in [5, 5.41) is 12.1. The van der Waals surface area contributed by atoms with Gasteiger partial charge in [-0.3, -0.25) is 4.79 Å². The van der Waals surface area contributed by atoms with Gasteiger partial charge in [-0.25, -0.2) is 4.39 Å². The summed E-state index contributed by atoms with van der Waals surface area (Å²) in [7, 11) is 0. The van der Waals surface area contributed by atoms with Gasteiger partial charge >= 0.3 is 0 Å². The van der Waals surface area contributed by atoms with Gasteiger partial charge in [0.15, 0.2) is 0 Å². The fourth-order valence-corrected chi connectivity index (χ4v) is 2.50. The van der Waals surface area contributed by atoms with E-state index in [-0.39, 0.29) is 30.7 Å². The fraction of sp³-hybridized carbons (Fsp3) is 0.316. The Labute approximate surface area is 136 Å². The minimum absolute atomic E-state index is 0.119. The molecule has 0 radical (unpaired) electrons. The Morgan fingerprint density at radius 3 is 2.35 bits per heavy atom. The number of rotatable bonds is 6. The summed E-state index contributed by atoms with van der Waals surface area (Å²) >= 11 is 0. The number of hydrogen-bond donors (Lipinski definition) is 2. The van der Waals surface area contributed by atoms with E-state index in [0.717, 1.165) is 5.56 Å². The average Bonchev–Trinajstić information content (AvgIpc) is 2.54. The second-order valence-corrected chi connectivity index (χ2v) is 6.28. The summed E-state index contributed by atoms with van der Waals surface area (Å²) in [5.41, 5.74) is 0.679. The molecule has 2 aromatic carbocycles. The van der Waals surface area contributed by atoms with E-state index in [1.165, 1.54) is 6.07 Å². The lowest BCUT2D eigenvalue weighted by molar-refractivity contribution is -0.123. The van der Waals surface area contributed by atoms with Crippen molar-refractivity contribution in [1.29, 1.82) is 0 Å². The van der Waals surface area contributed by atoms with Crippen molar-refractivity contribution in [3.8, 4) is 0 Å². The fourth-order valence-electron chi connectivity index (χ4n) is 2.50. The molecule has 2 aromatic rings. The third kappa shape index (κ3) is 4.63. The molecule has 2 rings (SSSR count). The molecule has 0 fully saturated rings. The van der Waals surface area contributed by atoms with Crippen molar-refractivity contribution in [1.82, 2.24) is 5.32 Å². The molecule has 1 atom stereocenters. The lowest BCUT2D eigenvalue weighted by Gasteiger charge is -2.25. The average molecular weight is 315 g/mol. The van der Waals surface area contributed by atoms with Crippen molar-refractivity contribution in [2.24, 2.45) is 0 Å². The maximum Gasteiger partial charge on any atom is 0.221 e. The molecule has 1 amide bonds. The molecule has 0 aromatic heterocycles. The number of aliphatic hydroxyl groups is 1. The van der Waals surface area contributed by atoms with Gasteiger partial charge in [-0.05, 0) is 31.0 Å². The molecule has 1 unspecified atom stereocenters. The topological polar surface area (TPSA) is 49.3 Å². The molecule has 0 aliphatic heterocycles. The van der Waals surface area contributed by atoms with E-state index in [9.17, 15) is 14.3 Å². The summed E-state index contributed by atoms with van der Waals surface area (Å²) in [6.45, 7) is 3.32. The predicted molar refractivity (Wildman–Crippen MR) is 88.6 cm³/mol. The molecule has 0 aliphatic rings. The van der Waals surface area contributed by atoms with Gasteiger partial charge in [-0.1, -0.05) is 48.5 Å². The summed E-state index contributed by atoms with van der Waals surface area (Å²) in [5.74, 6) is -0.913. The van der Waals surface area contributed by atoms with Gasteiger partial charge in [0.1, 0.15) is 5.82 Å². The van der Waals surface area contributed by atoms with Crippen molar-refractivity contribution in [2.45, 2.75) is 31.7 Å². The zero-order chi connectivity index (χ0) is 16.9. The number of carbonyl (C=O) groups excluding carboxylic acids is 1. The second kappa shape index (κ2) is 7.38. The first-order valence-electron chi connectivity index (χ1n) is 7.64. The highest BCUT2D eigenvalue weighted by Crippen LogP contribution is 2.30. The van der Waals surface area contributed by atoms with Crippen LogP contribution in [0, 0.1) is 5.82 Å². The van der Waals surface area contributed by atoms with E-state index in [0.29, 0.717) is 5.56 Å². The zero-order valence-corrected chi connectivity index (χ0v) is 13.4. The molecule has 0 spiro atoms. The lowest BCUT2D eigenvalue weighted by atomic mass is 9.87. The maximum absolute atomic E-state index is 14.2. The highest BCUT2D eigenvalue weighted by atomic mass is 19.1. The smallest absolute Gasteiger partial charge is 0.221 e. The number of carbonyl (C=O) groups is 1. The molecule has 4 heteroatoms. The Balaban J connectivity index is 2.29. The number of aliphatic hydroxyl groups excluding tert-OH is 1. The molecule has 23 heavy (non-hydrogen) atoms. The first-order valence-corrected chi connectivity index (χ1v) is 7.64. The number of amides is 1. The molecule has 0 saturated heterocycles. The summed E-state index contributed by atoms with van der Waals surface area (Å²) in [6, 6.07) is 15.9. The number of benzene rings is 2. The Bertz CT molecular complexity index is 655. The van der Waals surface area contributed by atoms with E-state index in [4.69, 9.17) is 0 Å². The Morgan fingerprint density at radius 2 is 1.74 bits per heavy atom. The van der Waals surface area contributed by atoms with Crippen molar-refractivity contribution >= 4 is 5.91 Å². The van der Waals surface area contributed by atoms with Gasteiger partial charge in [0.2, 0.25) is 5.91 Å². The number of halogens is 1. The molecule has 2 N–H and O–H groups in total. The Kier molecular flexibility index (Phi) is 5.50. The third-order valence-electron chi connectivity index (χ3n) is 3.75. The minimum atomic E-state index is -0.701. The van der Waals surface area contributed by atoms with Crippen LogP contribution in [0.3, 0.4) is 0 Å². The van der Waals surface area contributed by atoms with Crippen molar-refractivity contribution in [3.63, 3.8) is 0 Å². The second-order valence-electron chi connectivity index (χ2n) is 6.28. The van der Waals surface area contributed by atoms with Crippen LogP contribution in [0.4, 0.5) is 4.39 Å². The monoisotopic (exact) mass is 315 g/mol. The van der Waals surface area contributed by atoms with Gasteiger partial charge < -0.3 is 10.4 Å². The van der Waals surface area contributed by atoms with Gasteiger partial charge in [0.05, 0.1) is 12.1 Å². The van der Waals surface area contributed by atoms with Gasteiger partial charge in [0, 0.05) is 12.3 Å². The van der Waals surface area contributed by atoms with Crippen molar-refractivity contribution in [3.05, 3.63) is 71.5 Å². The van der Waals surface area contributed by atoms with Crippen LogP contribution in [0.2, 0.25) is 0 Å². The van der Waals surface area contributed by atoms with Gasteiger partial charge in [0.25, 0.3) is 0 Å². The van der Waals surface area contributed by atoms with Crippen molar-refractivity contribution in [2.75, 3.05) is 6.61 Å². The third-order valence-corrected chi connectivity index (χ3v) is 3.75. The Hall–Kier alpha value is -2.20. The minimum Gasteiger partial charge on any atom is -0.394 e. The Morgan fingerprint density at radius 1 is 1.13 bits per heavy atom. The molecule has 0 bridgehead atoms. The molecule has 0 aliphatic carbocycles. The molecule has 0 saturated carbocycles. The van der Waals surface area contributed by atoms with Crippen LogP contribution in [0.5, 0.6) is 0 Å². The van der Waals surface area contributed by atoms with Crippen molar-refractivity contribution < 1.29 is 14.3 Å². The predicted octanol–water partition coefficient (Wildman–Crippen LogP) is 3.23. The molecule has 3 nitrogen and oxygen atoms in total. The largest absolute Gasteiger partial charge is 0.394 e. The summed E-state index contributed by atoms with van der Waals surface area (Å²) in [6.07, 6.45) is 0.119. The normalized spacial score (nSPS) is 12.7. The summed E-state index contributed by atoms with van der Waals surface area (Å²) < 4.78 is 14.2. The van der Waals surface area contributed by atoms with Crippen LogP contribution in [0.15, 0.2) is 54.6 Å². The van der Waals surface area contributed by atoms with Crippen LogP contribution >= 0.6 is 0 Å². The van der Waals surface area contributed by atoms with Crippen LogP contribution in [-0.4, -0.2) is 23.2 Å². The first-order chi connectivity index (χ1) is 10.9. The standard InChI is InChI=1S/C19H22FNO2/c1-19(2,13-22)21-18(23)12-16(14-8-4-3-5-9-14)15-10-6-7-11-17(15)20/h3-11,16,22H,12-13H2,1-2H3,(H,21,23). The molecule has 122 valence electrons. The van der Waals surface area contributed by atoms with E-state index >= 15 is 0 Å². The molecular weight excluding hydrogens is 293 g/mol. The number of nitrogens with one attached hydrogen (secondary N) is 1. The maximum atomic E-state index is 14.2. The van der Waals surface area contributed by atoms with Crippen LogP contribution in [0.1, 0.15) is 37.3 Å². The molecular formula is C19H22FNO2. The highest BCUT2D eigenvalue weighted by molar-refractivity contribution is 5.78. The first kappa shape index (κ1) is 17.2. The van der Waals surface area contributed by atoms with Gasteiger partial charge in [-0.2, -0.15) is 0 Å². The lowest BCUT2D eigenvalue weighted by Crippen LogP contribution is -2.46. The van der Waals surface area contributed by atoms with E-state index in [1.54, 1.807) is 32.0 Å². The van der Waals surface area contributed by atoms with Crippen LogP contribution in [-0.2, 0) is 4.79 Å². The molecule has 0 heterocycles. The van der Waals surface area contributed by atoms with Crippen LogP contribution < -0.4 is 5.32 Å². The SMILES string of the molecule is CC(C)(CO)NC(=O)CC(c1ccccc1)c1ccccc1F. The van der Waals surface area contributed by atoms with E-state index < -0.39 is 5.54 Å². The zero-order valence-electron chi connectivity index (χ0n) is 13.4. The quantitative estimate of drug-likeness (QED) is 0.860. The van der Waals surface area contributed by atoms with Gasteiger partial charge in [-0.15, -0.1) is 0 Å². The summed E-state index contributed by atoms with van der Waals surface area (Å²) in [4.78, 5) is 12.3. The van der Waals surface area contributed by atoms with E-state index in [2.05, 4.69) is 5.32 Å². The van der Waals surface area contributed by atoms with Crippen LogP contribution in [0.25, 0.3) is 0 Å². The number of hydrogen-bond acceptors (Lipinski definition) is 2. The van der Waals surface area contributed by atoms with E-state index in [1.807, 2.05) is 30.3 Å². The highest BCUT2D eigenvalue weighted by Gasteiger charge is 2.24.